The van der Waals surface area contributed by atoms with Crippen molar-refractivity contribution in [2.75, 3.05) is 13.7 Å². The van der Waals surface area contributed by atoms with Gasteiger partial charge in [-0.15, -0.1) is 0 Å². The van der Waals surface area contributed by atoms with E-state index in [1.807, 2.05) is 0 Å². The highest BCUT2D eigenvalue weighted by atomic mass is 35.5. The quantitative estimate of drug-likeness (QED) is 0.883. The summed E-state index contributed by atoms with van der Waals surface area (Å²) in [7, 11) is 1.62. The van der Waals surface area contributed by atoms with Crippen molar-refractivity contribution in [3.63, 3.8) is 0 Å². The Morgan fingerprint density at radius 2 is 2.25 bits per heavy atom. The fraction of sp³-hybridized carbons (Fsp3) is 0.583. The monoisotopic (exact) mass is 240 g/mol. The average molecular weight is 241 g/mol. The maximum atomic E-state index is 6.23. The van der Waals surface area contributed by atoms with Crippen molar-refractivity contribution in [1.29, 1.82) is 0 Å². The summed E-state index contributed by atoms with van der Waals surface area (Å²) in [4.78, 5) is 4.21. The first kappa shape index (κ1) is 11.7. The first-order valence-corrected chi connectivity index (χ1v) is 5.80. The second-order valence-electron chi connectivity index (χ2n) is 4.86. The van der Waals surface area contributed by atoms with Gasteiger partial charge in [-0.25, -0.2) is 4.98 Å². The van der Waals surface area contributed by atoms with Crippen molar-refractivity contribution >= 4 is 11.6 Å². The molecular weight excluding hydrogens is 224 g/mol. The molecule has 3 nitrogen and oxygen atoms in total. The van der Waals surface area contributed by atoms with Gasteiger partial charge in [-0.2, -0.15) is 0 Å². The minimum atomic E-state index is 0.189. The topological polar surface area (TPSA) is 48.1 Å². The molecule has 2 rings (SSSR count). The molecule has 0 radical (unpaired) electrons. The zero-order valence-corrected chi connectivity index (χ0v) is 10.6. The zero-order valence-electron chi connectivity index (χ0n) is 9.83. The summed E-state index contributed by atoms with van der Waals surface area (Å²) >= 11 is 6.23. The molecule has 0 unspecified atom stereocenters. The van der Waals surface area contributed by atoms with E-state index >= 15 is 0 Å². The third-order valence-electron chi connectivity index (χ3n) is 3.71. The van der Waals surface area contributed by atoms with Crippen LogP contribution < -0.4 is 10.5 Å². The average Bonchev–Trinajstić information content (AvgIpc) is 2.79. The molecule has 0 amide bonds. The number of aromatic nitrogens is 1. The molecule has 88 valence electrons. The van der Waals surface area contributed by atoms with Crippen LogP contribution in [0.15, 0.2) is 12.3 Å². The normalized spacial score (nSPS) is 26.6. The third-order valence-corrected chi connectivity index (χ3v) is 4.04. The molecule has 0 spiro atoms. The Labute approximate surface area is 101 Å². The van der Waals surface area contributed by atoms with Gasteiger partial charge in [0.15, 0.2) is 0 Å². The SMILES string of the molecule is COc1nccc(Cl)c1[C@H]1[C@H](CN)C1(C)C. The molecule has 1 aromatic rings. The summed E-state index contributed by atoms with van der Waals surface area (Å²) in [5.41, 5.74) is 6.97. The molecule has 0 aliphatic heterocycles. The van der Waals surface area contributed by atoms with Crippen LogP contribution in [0, 0.1) is 11.3 Å². The van der Waals surface area contributed by atoms with Gasteiger partial charge >= 0.3 is 0 Å². The highest BCUT2D eigenvalue weighted by Gasteiger charge is 2.59. The van der Waals surface area contributed by atoms with Gasteiger partial charge < -0.3 is 10.5 Å². The number of hydrogen-bond donors (Lipinski definition) is 1. The lowest BCUT2D eigenvalue weighted by molar-refractivity contribution is 0.390. The van der Waals surface area contributed by atoms with E-state index in [0.717, 1.165) is 10.6 Å². The van der Waals surface area contributed by atoms with Crippen molar-refractivity contribution < 1.29 is 4.74 Å². The minimum absolute atomic E-state index is 0.189. The molecule has 1 fully saturated rings. The number of halogens is 1. The van der Waals surface area contributed by atoms with Crippen molar-refractivity contribution in [2.45, 2.75) is 19.8 Å². The standard InChI is InChI=1S/C12H17ClN2O/c1-12(2)7(6-14)10(12)9-8(13)4-5-15-11(9)16-3/h4-5,7,10H,6,14H2,1-3H3/t7-,10+/m0/s1. The summed E-state index contributed by atoms with van der Waals surface area (Å²) < 4.78 is 5.28. The molecule has 1 aromatic heterocycles. The van der Waals surface area contributed by atoms with E-state index in [2.05, 4.69) is 18.8 Å². The predicted molar refractivity (Wildman–Crippen MR) is 64.9 cm³/mol. The molecule has 2 atom stereocenters. The summed E-state index contributed by atoms with van der Waals surface area (Å²) in [5, 5.41) is 0.723. The first-order valence-electron chi connectivity index (χ1n) is 5.42. The van der Waals surface area contributed by atoms with Crippen LogP contribution in [0.3, 0.4) is 0 Å². The number of pyridine rings is 1. The molecule has 0 aromatic carbocycles. The molecule has 1 aliphatic carbocycles. The van der Waals surface area contributed by atoms with Gasteiger partial charge in [0, 0.05) is 17.7 Å². The second-order valence-corrected chi connectivity index (χ2v) is 5.26. The van der Waals surface area contributed by atoms with Gasteiger partial charge in [0.25, 0.3) is 0 Å². The van der Waals surface area contributed by atoms with E-state index in [4.69, 9.17) is 22.1 Å². The smallest absolute Gasteiger partial charge is 0.218 e. The van der Waals surface area contributed by atoms with Gasteiger partial charge in [0.2, 0.25) is 5.88 Å². The Kier molecular flexibility index (Phi) is 2.84. The van der Waals surface area contributed by atoms with E-state index in [9.17, 15) is 0 Å². The Balaban J connectivity index is 2.42. The van der Waals surface area contributed by atoms with Crippen LogP contribution in [0.1, 0.15) is 25.3 Å². The van der Waals surface area contributed by atoms with Crippen molar-refractivity contribution in [3.8, 4) is 5.88 Å². The van der Waals surface area contributed by atoms with Gasteiger partial charge in [-0.05, 0) is 23.9 Å². The Morgan fingerprint density at radius 1 is 1.56 bits per heavy atom. The van der Waals surface area contributed by atoms with Crippen molar-refractivity contribution in [3.05, 3.63) is 22.8 Å². The lowest BCUT2D eigenvalue weighted by Gasteiger charge is -2.10. The number of rotatable bonds is 3. The van der Waals surface area contributed by atoms with E-state index < -0.39 is 0 Å². The van der Waals surface area contributed by atoms with Crippen molar-refractivity contribution in [1.82, 2.24) is 4.98 Å². The largest absolute Gasteiger partial charge is 0.481 e. The summed E-state index contributed by atoms with van der Waals surface area (Å²) in [6.45, 7) is 5.09. The van der Waals surface area contributed by atoms with Crippen LogP contribution in [0.2, 0.25) is 5.02 Å². The van der Waals surface area contributed by atoms with Gasteiger partial charge in [0.1, 0.15) is 0 Å². The zero-order chi connectivity index (χ0) is 11.9. The number of ether oxygens (including phenoxy) is 1. The lowest BCUT2D eigenvalue weighted by Crippen LogP contribution is -2.05. The van der Waals surface area contributed by atoms with Gasteiger partial charge in [0.05, 0.1) is 12.1 Å². The number of methoxy groups -OCH3 is 1. The van der Waals surface area contributed by atoms with E-state index in [1.54, 1.807) is 19.4 Å². The Hall–Kier alpha value is -0.800. The van der Waals surface area contributed by atoms with Crippen LogP contribution in [0.5, 0.6) is 5.88 Å². The van der Waals surface area contributed by atoms with Crippen molar-refractivity contribution in [2.24, 2.45) is 17.1 Å². The Bertz CT molecular complexity index is 406. The molecule has 4 heteroatoms. The van der Waals surface area contributed by atoms with Gasteiger partial charge in [-0.3, -0.25) is 0 Å². The highest BCUT2D eigenvalue weighted by molar-refractivity contribution is 6.31. The Morgan fingerprint density at radius 3 is 2.75 bits per heavy atom. The van der Waals surface area contributed by atoms with Crippen LogP contribution >= 0.6 is 11.6 Å². The minimum Gasteiger partial charge on any atom is -0.481 e. The predicted octanol–water partition coefficient (Wildman–Crippen LogP) is 2.44. The fourth-order valence-corrected chi connectivity index (χ4v) is 2.89. The fourth-order valence-electron chi connectivity index (χ4n) is 2.63. The molecule has 2 N–H and O–H groups in total. The molecule has 1 heterocycles. The molecule has 16 heavy (non-hydrogen) atoms. The maximum Gasteiger partial charge on any atom is 0.218 e. The van der Waals surface area contributed by atoms with Gasteiger partial charge in [-0.1, -0.05) is 25.4 Å². The molecule has 1 aliphatic rings. The van der Waals surface area contributed by atoms with Crippen LogP contribution in [0.4, 0.5) is 0 Å². The van der Waals surface area contributed by atoms with Crippen LogP contribution in [-0.4, -0.2) is 18.6 Å². The summed E-state index contributed by atoms with van der Waals surface area (Å²) in [6, 6.07) is 1.81. The molecule has 1 saturated carbocycles. The summed E-state index contributed by atoms with van der Waals surface area (Å²) in [5.74, 6) is 1.44. The third kappa shape index (κ3) is 1.59. The summed E-state index contributed by atoms with van der Waals surface area (Å²) in [6.07, 6.45) is 1.66. The number of nitrogens with two attached hydrogens (primary N) is 1. The van der Waals surface area contributed by atoms with E-state index in [-0.39, 0.29) is 5.41 Å². The molecular formula is C12H17ClN2O. The van der Waals surface area contributed by atoms with Crippen LogP contribution in [-0.2, 0) is 0 Å². The lowest BCUT2D eigenvalue weighted by atomic mass is 10.0. The van der Waals surface area contributed by atoms with E-state index in [1.165, 1.54) is 0 Å². The highest BCUT2D eigenvalue weighted by Crippen LogP contribution is 2.66. The molecule has 0 bridgehead atoms. The number of nitrogens with zero attached hydrogens (tertiary/aromatic N) is 1. The second kappa shape index (κ2) is 3.90. The van der Waals surface area contributed by atoms with Crippen LogP contribution in [0.25, 0.3) is 0 Å². The number of hydrogen-bond acceptors (Lipinski definition) is 3. The van der Waals surface area contributed by atoms with E-state index in [0.29, 0.717) is 24.3 Å². The maximum absolute atomic E-state index is 6.23. The molecule has 0 saturated heterocycles. The first-order chi connectivity index (χ1) is 7.54.